The minimum absolute atomic E-state index is 0. The number of hydrogen-bond donors (Lipinski definition) is 2. The molecule has 1 unspecified atom stereocenters. The van der Waals surface area contributed by atoms with Crippen LogP contribution in [0.5, 0.6) is 0 Å². The highest BCUT2D eigenvalue weighted by molar-refractivity contribution is 7.18. The van der Waals surface area contributed by atoms with Gasteiger partial charge >= 0.3 is 0 Å². The van der Waals surface area contributed by atoms with Crippen molar-refractivity contribution in [2.45, 2.75) is 32.2 Å². The van der Waals surface area contributed by atoms with Crippen molar-refractivity contribution >= 4 is 52.3 Å². The third kappa shape index (κ3) is 6.26. The van der Waals surface area contributed by atoms with Gasteiger partial charge in [-0.1, -0.05) is 12.1 Å². The van der Waals surface area contributed by atoms with Crippen molar-refractivity contribution < 1.29 is 4.79 Å². The van der Waals surface area contributed by atoms with E-state index < -0.39 is 0 Å². The summed E-state index contributed by atoms with van der Waals surface area (Å²) in [5.41, 5.74) is 1.04. The molecule has 2 N–H and O–H groups in total. The van der Waals surface area contributed by atoms with Crippen molar-refractivity contribution in [2.75, 3.05) is 13.1 Å². The van der Waals surface area contributed by atoms with E-state index in [0.29, 0.717) is 6.54 Å². The average Bonchev–Trinajstić information content (AvgIpc) is 3.16. The summed E-state index contributed by atoms with van der Waals surface area (Å²) in [4.78, 5) is 16.4. The molecule has 1 aromatic heterocycles. The average molecular weight is 376 g/mol. The number of aromatic nitrogens is 1. The molecular weight excluding hydrogens is 353 g/mol. The van der Waals surface area contributed by atoms with Crippen molar-refractivity contribution in [2.24, 2.45) is 5.92 Å². The van der Waals surface area contributed by atoms with E-state index in [4.69, 9.17) is 0 Å². The molecule has 0 aliphatic heterocycles. The Bertz CT molecular complexity index is 598. The molecule has 0 radical (unpaired) electrons. The van der Waals surface area contributed by atoms with E-state index in [0.717, 1.165) is 29.4 Å². The molecule has 1 saturated carbocycles. The van der Waals surface area contributed by atoms with Gasteiger partial charge in [0.15, 0.2) is 0 Å². The summed E-state index contributed by atoms with van der Waals surface area (Å²) in [5.74, 6) is 0.877. The largest absolute Gasteiger partial charge is 0.352 e. The van der Waals surface area contributed by atoms with Crippen molar-refractivity contribution in [3.63, 3.8) is 0 Å². The van der Waals surface area contributed by atoms with Crippen LogP contribution in [0.1, 0.15) is 24.8 Å². The first kappa shape index (κ1) is 20.2. The molecule has 23 heavy (non-hydrogen) atoms. The predicted molar refractivity (Wildman–Crippen MR) is 101 cm³/mol. The highest BCUT2D eigenvalue weighted by Gasteiger charge is 2.20. The number of fused-ring (bicyclic) bond motifs is 1. The number of hydrogen-bond acceptors (Lipinski definition) is 4. The zero-order chi connectivity index (χ0) is 14.7. The van der Waals surface area contributed by atoms with Crippen LogP contribution in [0.15, 0.2) is 24.3 Å². The van der Waals surface area contributed by atoms with Crippen LogP contribution in [0.3, 0.4) is 0 Å². The van der Waals surface area contributed by atoms with E-state index in [1.807, 2.05) is 25.1 Å². The van der Waals surface area contributed by atoms with Gasteiger partial charge in [-0.05, 0) is 44.4 Å². The van der Waals surface area contributed by atoms with Crippen LogP contribution in [0.4, 0.5) is 0 Å². The highest BCUT2D eigenvalue weighted by Crippen LogP contribution is 2.27. The minimum Gasteiger partial charge on any atom is -0.352 e. The number of carbonyl (C=O) groups excluding carboxylic acids is 1. The molecule has 1 aliphatic carbocycles. The second-order valence-electron chi connectivity index (χ2n) is 5.82. The van der Waals surface area contributed by atoms with Gasteiger partial charge in [-0.2, -0.15) is 0 Å². The van der Waals surface area contributed by atoms with Gasteiger partial charge in [0, 0.05) is 12.5 Å². The summed E-state index contributed by atoms with van der Waals surface area (Å²) in [5, 5.41) is 7.32. The number of thiazole rings is 1. The van der Waals surface area contributed by atoms with E-state index in [1.54, 1.807) is 11.3 Å². The van der Waals surface area contributed by atoms with Gasteiger partial charge < -0.3 is 10.6 Å². The molecule has 2 aromatic rings. The van der Waals surface area contributed by atoms with E-state index in [-0.39, 0.29) is 36.8 Å². The van der Waals surface area contributed by atoms with Gasteiger partial charge in [-0.15, -0.1) is 36.2 Å². The van der Waals surface area contributed by atoms with Gasteiger partial charge in [0.25, 0.3) is 0 Å². The Morgan fingerprint density at radius 3 is 2.78 bits per heavy atom. The smallest absolute Gasteiger partial charge is 0.234 e. The molecular formula is C16H23Cl2N3OS. The molecule has 0 saturated heterocycles. The highest BCUT2D eigenvalue weighted by atomic mass is 35.5. The van der Waals surface area contributed by atoms with Gasteiger partial charge in [0.05, 0.1) is 21.8 Å². The number of para-hydroxylation sites is 1. The Kier molecular flexibility index (Phi) is 8.26. The molecule has 1 amide bonds. The Morgan fingerprint density at radius 1 is 1.35 bits per heavy atom. The molecule has 0 bridgehead atoms. The van der Waals surface area contributed by atoms with E-state index in [9.17, 15) is 4.79 Å². The lowest BCUT2D eigenvalue weighted by molar-refractivity contribution is -0.120. The number of nitrogens with one attached hydrogen (secondary N) is 2. The molecule has 4 nitrogen and oxygen atoms in total. The fourth-order valence-corrected chi connectivity index (χ4v) is 3.45. The first-order chi connectivity index (χ1) is 10.2. The van der Waals surface area contributed by atoms with Crippen molar-refractivity contribution in [3.05, 3.63) is 29.3 Å². The fourth-order valence-electron chi connectivity index (χ4n) is 2.36. The van der Waals surface area contributed by atoms with E-state index in [2.05, 4.69) is 21.7 Å². The van der Waals surface area contributed by atoms with Gasteiger partial charge in [-0.3, -0.25) is 4.79 Å². The molecule has 1 heterocycles. The predicted octanol–water partition coefficient (Wildman–Crippen LogP) is 3.19. The maximum absolute atomic E-state index is 11.8. The number of benzene rings is 1. The number of carbonyl (C=O) groups is 1. The first-order valence-corrected chi connectivity index (χ1v) is 8.37. The van der Waals surface area contributed by atoms with Crippen LogP contribution in [0.2, 0.25) is 0 Å². The fraction of sp³-hybridized carbons (Fsp3) is 0.500. The molecule has 3 rings (SSSR count). The Hall–Kier alpha value is -0.880. The summed E-state index contributed by atoms with van der Waals surface area (Å²) >= 11 is 1.70. The first-order valence-electron chi connectivity index (χ1n) is 7.55. The maximum Gasteiger partial charge on any atom is 0.234 e. The van der Waals surface area contributed by atoms with Crippen LogP contribution in [-0.2, 0) is 11.2 Å². The standard InChI is InChI=1S/C16H21N3OS.2ClH/c1-11(18-15(20)10-17-9-12-6-7-12)8-16-19-13-4-2-3-5-14(13)21-16;;/h2-5,11-12,17H,6-10H2,1H3,(H,18,20);2*1H. The van der Waals surface area contributed by atoms with Crippen molar-refractivity contribution in [1.82, 2.24) is 15.6 Å². The van der Waals surface area contributed by atoms with Gasteiger partial charge in [0.1, 0.15) is 0 Å². The third-order valence-electron chi connectivity index (χ3n) is 3.64. The molecule has 1 aliphatic rings. The lowest BCUT2D eigenvalue weighted by Gasteiger charge is -2.12. The van der Waals surface area contributed by atoms with Crippen LogP contribution in [-0.4, -0.2) is 30.0 Å². The second-order valence-corrected chi connectivity index (χ2v) is 6.94. The van der Waals surface area contributed by atoms with Gasteiger partial charge in [-0.25, -0.2) is 4.98 Å². The maximum atomic E-state index is 11.8. The van der Waals surface area contributed by atoms with E-state index in [1.165, 1.54) is 17.5 Å². The number of rotatable bonds is 7. The summed E-state index contributed by atoms with van der Waals surface area (Å²) in [7, 11) is 0. The quantitative estimate of drug-likeness (QED) is 0.781. The Balaban J connectivity index is 0.00000132. The van der Waals surface area contributed by atoms with E-state index >= 15 is 0 Å². The lowest BCUT2D eigenvalue weighted by Crippen LogP contribution is -2.40. The molecule has 1 fully saturated rings. The lowest BCUT2D eigenvalue weighted by atomic mass is 10.2. The van der Waals surface area contributed by atoms with Crippen LogP contribution >= 0.6 is 36.2 Å². The monoisotopic (exact) mass is 375 g/mol. The zero-order valence-corrected chi connectivity index (χ0v) is 15.5. The Morgan fingerprint density at radius 2 is 2.09 bits per heavy atom. The third-order valence-corrected chi connectivity index (χ3v) is 4.70. The summed E-state index contributed by atoms with van der Waals surface area (Å²) in [6, 6.07) is 8.26. The molecule has 7 heteroatoms. The molecule has 0 spiro atoms. The van der Waals surface area contributed by atoms with Crippen molar-refractivity contribution in [1.29, 1.82) is 0 Å². The number of halogens is 2. The SMILES string of the molecule is CC(Cc1nc2ccccc2s1)NC(=O)CNCC1CC1.Cl.Cl. The minimum atomic E-state index is 0. The summed E-state index contributed by atoms with van der Waals surface area (Å²) in [6.07, 6.45) is 3.40. The summed E-state index contributed by atoms with van der Waals surface area (Å²) in [6.45, 7) is 3.42. The van der Waals surface area contributed by atoms with Crippen molar-refractivity contribution in [3.8, 4) is 0 Å². The Labute approximate surface area is 153 Å². The van der Waals surface area contributed by atoms with Crippen LogP contribution in [0, 0.1) is 5.92 Å². The molecule has 128 valence electrons. The van der Waals surface area contributed by atoms with Gasteiger partial charge in [0.2, 0.25) is 5.91 Å². The number of nitrogens with zero attached hydrogens (tertiary/aromatic N) is 1. The molecule has 1 atom stereocenters. The molecule has 1 aromatic carbocycles. The van der Waals surface area contributed by atoms with Crippen LogP contribution < -0.4 is 10.6 Å². The normalized spacial score (nSPS) is 14.7. The number of amides is 1. The topological polar surface area (TPSA) is 54.0 Å². The second kappa shape index (κ2) is 9.42. The summed E-state index contributed by atoms with van der Waals surface area (Å²) < 4.78 is 1.21. The zero-order valence-electron chi connectivity index (χ0n) is 13.1. The van der Waals surface area contributed by atoms with Crippen LogP contribution in [0.25, 0.3) is 10.2 Å².